The number of benzene rings is 1. The van der Waals surface area contributed by atoms with E-state index in [4.69, 9.17) is 9.47 Å². The first-order valence-corrected chi connectivity index (χ1v) is 10.1. The molecule has 1 aromatic carbocycles. The number of thiophene rings is 1. The molecule has 0 fully saturated rings. The summed E-state index contributed by atoms with van der Waals surface area (Å²) >= 11 is 2.51. The molecule has 2 heterocycles. The number of aromatic nitrogens is 3. The molecule has 0 aliphatic heterocycles. The Balaban J connectivity index is 1.53. The Labute approximate surface area is 169 Å². The topological polar surface area (TPSA) is 95.3 Å². The molecule has 2 aromatic heterocycles. The van der Waals surface area contributed by atoms with Crippen molar-refractivity contribution < 1.29 is 19.1 Å². The van der Waals surface area contributed by atoms with Crippen LogP contribution in [0.3, 0.4) is 0 Å². The van der Waals surface area contributed by atoms with Crippen LogP contribution in [-0.2, 0) is 23.2 Å². The van der Waals surface area contributed by atoms with Gasteiger partial charge in [-0.05, 0) is 23.6 Å². The molecule has 0 atom stereocenters. The molecule has 0 aliphatic carbocycles. The number of methoxy groups -OCH3 is 1. The minimum absolute atomic E-state index is 0.129. The molecule has 1 amide bonds. The summed E-state index contributed by atoms with van der Waals surface area (Å²) in [4.78, 5) is 23.9. The van der Waals surface area contributed by atoms with Gasteiger partial charge in [-0.15, -0.1) is 21.5 Å². The van der Waals surface area contributed by atoms with Gasteiger partial charge in [0.15, 0.2) is 11.0 Å². The molecule has 3 rings (SSSR count). The third-order valence-corrected chi connectivity index (χ3v) is 5.54. The van der Waals surface area contributed by atoms with E-state index in [0.717, 1.165) is 5.75 Å². The van der Waals surface area contributed by atoms with Gasteiger partial charge in [-0.25, -0.2) is 4.79 Å². The molecule has 0 spiro atoms. The largest absolute Gasteiger partial charge is 0.486 e. The van der Waals surface area contributed by atoms with Gasteiger partial charge in [0, 0.05) is 7.05 Å². The molecular weight excluding hydrogens is 400 g/mol. The highest BCUT2D eigenvalue weighted by atomic mass is 32.2. The molecule has 28 heavy (non-hydrogen) atoms. The number of hydrogen-bond donors (Lipinski definition) is 1. The van der Waals surface area contributed by atoms with E-state index in [-0.39, 0.29) is 18.3 Å². The smallest absolute Gasteiger partial charge is 0.340 e. The summed E-state index contributed by atoms with van der Waals surface area (Å²) in [5.74, 6) is 0.794. The molecule has 0 radical (unpaired) electrons. The Kier molecular flexibility index (Phi) is 6.66. The van der Waals surface area contributed by atoms with Crippen LogP contribution in [0, 0.1) is 0 Å². The monoisotopic (exact) mass is 418 g/mol. The summed E-state index contributed by atoms with van der Waals surface area (Å²) in [5, 5.41) is 13.7. The number of anilines is 1. The summed E-state index contributed by atoms with van der Waals surface area (Å²) in [6, 6.07) is 11.0. The van der Waals surface area contributed by atoms with E-state index in [1.54, 1.807) is 16.0 Å². The highest BCUT2D eigenvalue weighted by molar-refractivity contribution is 7.99. The highest BCUT2D eigenvalue weighted by Crippen LogP contribution is 2.25. The minimum atomic E-state index is -0.486. The Morgan fingerprint density at radius 3 is 2.75 bits per heavy atom. The normalized spacial score (nSPS) is 10.5. The molecule has 0 unspecified atom stereocenters. The standard InChI is InChI=1S/C18H18N4O4S2/c1-22-14(10-26-12-6-4-3-5-7-12)20-21-18(22)28-11-15(23)19-16-13(8-9-27-16)17(24)25-2/h3-9H,10-11H2,1-2H3,(H,19,23). The van der Waals surface area contributed by atoms with Gasteiger partial charge < -0.3 is 19.4 Å². The van der Waals surface area contributed by atoms with E-state index >= 15 is 0 Å². The number of esters is 1. The molecule has 1 N–H and O–H groups in total. The van der Waals surface area contributed by atoms with Crippen molar-refractivity contribution in [2.75, 3.05) is 18.2 Å². The van der Waals surface area contributed by atoms with Gasteiger partial charge in [0.2, 0.25) is 5.91 Å². The Morgan fingerprint density at radius 2 is 2.00 bits per heavy atom. The summed E-state index contributed by atoms with van der Waals surface area (Å²) in [6.07, 6.45) is 0. The van der Waals surface area contributed by atoms with Crippen molar-refractivity contribution in [3.8, 4) is 5.75 Å². The van der Waals surface area contributed by atoms with E-state index in [0.29, 0.717) is 21.5 Å². The zero-order valence-corrected chi connectivity index (χ0v) is 16.9. The average molecular weight is 419 g/mol. The number of ether oxygens (including phenoxy) is 2. The van der Waals surface area contributed by atoms with Crippen molar-refractivity contribution in [2.24, 2.45) is 7.05 Å². The van der Waals surface area contributed by atoms with E-state index in [1.165, 1.54) is 30.2 Å². The first-order chi connectivity index (χ1) is 13.6. The lowest BCUT2D eigenvalue weighted by Crippen LogP contribution is -2.16. The van der Waals surface area contributed by atoms with Gasteiger partial charge in [-0.2, -0.15) is 0 Å². The average Bonchev–Trinajstić information content (AvgIpc) is 3.31. The molecular formula is C18H18N4O4S2. The summed E-state index contributed by atoms with van der Waals surface area (Å²) < 4.78 is 12.2. The number of nitrogens with one attached hydrogen (secondary N) is 1. The molecule has 8 nitrogen and oxygen atoms in total. The third-order valence-electron chi connectivity index (χ3n) is 3.69. The Hall–Kier alpha value is -2.85. The number of amides is 1. The van der Waals surface area contributed by atoms with Crippen LogP contribution < -0.4 is 10.1 Å². The van der Waals surface area contributed by atoms with Crippen molar-refractivity contribution in [1.29, 1.82) is 0 Å². The number of carbonyl (C=O) groups is 2. The number of rotatable bonds is 8. The lowest BCUT2D eigenvalue weighted by atomic mass is 10.3. The minimum Gasteiger partial charge on any atom is -0.486 e. The maximum atomic E-state index is 12.2. The quantitative estimate of drug-likeness (QED) is 0.444. The lowest BCUT2D eigenvalue weighted by Gasteiger charge is -2.07. The van der Waals surface area contributed by atoms with E-state index in [1.807, 2.05) is 37.4 Å². The molecule has 0 bridgehead atoms. The number of carbonyl (C=O) groups excluding carboxylic acids is 2. The Bertz CT molecular complexity index is 956. The van der Waals surface area contributed by atoms with Crippen molar-refractivity contribution in [1.82, 2.24) is 14.8 Å². The van der Waals surface area contributed by atoms with Gasteiger partial charge in [0.1, 0.15) is 17.4 Å². The summed E-state index contributed by atoms with van der Waals surface area (Å²) in [5.41, 5.74) is 0.338. The fourth-order valence-electron chi connectivity index (χ4n) is 2.23. The maximum absolute atomic E-state index is 12.2. The van der Waals surface area contributed by atoms with Crippen LogP contribution in [0.15, 0.2) is 46.9 Å². The van der Waals surface area contributed by atoms with Gasteiger partial charge >= 0.3 is 5.97 Å². The van der Waals surface area contributed by atoms with Crippen molar-refractivity contribution in [3.05, 3.63) is 53.2 Å². The zero-order valence-electron chi connectivity index (χ0n) is 15.2. The number of hydrogen-bond acceptors (Lipinski definition) is 8. The van der Waals surface area contributed by atoms with Crippen molar-refractivity contribution >= 4 is 40.0 Å². The maximum Gasteiger partial charge on any atom is 0.340 e. The molecule has 0 saturated carbocycles. The number of thioether (sulfide) groups is 1. The van der Waals surface area contributed by atoms with Crippen molar-refractivity contribution in [2.45, 2.75) is 11.8 Å². The van der Waals surface area contributed by atoms with Gasteiger partial charge in [-0.1, -0.05) is 30.0 Å². The van der Waals surface area contributed by atoms with E-state index in [2.05, 4.69) is 15.5 Å². The fourth-order valence-corrected chi connectivity index (χ4v) is 3.75. The van der Waals surface area contributed by atoms with Crippen LogP contribution in [0.2, 0.25) is 0 Å². The number of para-hydroxylation sites is 1. The fraction of sp³-hybridized carbons (Fsp3) is 0.222. The molecule has 10 heteroatoms. The predicted octanol–water partition coefficient (Wildman–Crippen LogP) is 2.97. The van der Waals surface area contributed by atoms with Gasteiger partial charge in [-0.3, -0.25) is 4.79 Å². The SMILES string of the molecule is COC(=O)c1ccsc1NC(=O)CSc1nnc(COc2ccccc2)n1C. The summed E-state index contributed by atoms with van der Waals surface area (Å²) in [6.45, 7) is 0.276. The van der Waals surface area contributed by atoms with Crippen LogP contribution in [0.1, 0.15) is 16.2 Å². The van der Waals surface area contributed by atoms with Crippen LogP contribution in [0.5, 0.6) is 5.75 Å². The highest BCUT2D eigenvalue weighted by Gasteiger charge is 2.17. The second-order valence-electron chi connectivity index (χ2n) is 5.55. The summed E-state index contributed by atoms with van der Waals surface area (Å²) in [7, 11) is 3.12. The second kappa shape index (κ2) is 9.38. The van der Waals surface area contributed by atoms with Crippen LogP contribution >= 0.6 is 23.1 Å². The number of nitrogens with zero attached hydrogens (tertiary/aromatic N) is 3. The Morgan fingerprint density at radius 1 is 1.21 bits per heavy atom. The second-order valence-corrected chi connectivity index (χ2v) is 7.41. The molecule has 0 aliphatic rings. The van der Waals surface area contributed by atoms with Crippen LogP contribution in [0.25, 0.3) is 0 Å². The van der Waals surface area contributed by atoms with Crippen LogP contribution in [0.4, 0.5) is 5.00 Å². The lowest BCUT2D eigenvalue weighted by molar-refractivity contribution is -0.113. The molecule has 3 aromatic rings. The molecule has 0 saturated heterocycles. The first-order valence-electron chi connectivity index (χ1n) is 8.23. The third kappa shape index (κ3) is 4.90. The van der Waals surface area contributed by atoms with Crippen LogP contribution in [-0.4, -0.2) is 39.5 Å². The van der Waals surface area contributed by atoms with Crippen molar-refractivity contribution in [3.63, 3.8) is 0 Å². The zero-order chi connectivity index (χ0) is 19.9. The van der Waals surface area contributed by atoms with E-state index in [9.17, 15) is 9.59 Å². The van der Waals surface area contributed by atoms with Gasteiger partial charge in [0.25, 0.3) is 0 Å². The first kappa shape index (κ1) is 19.9. The van der Waals surface area contributed by atoms with Gasteiger partial charge in [0.05, 0.1) is 18.4 Å². The molecule has 146 valence electrons. The predicted molar refractivity (Wildman–Crippen MR) is 107 cm³/mol. The van der Waals surface area contributed by atoms with E-state index < -0.39 is 5.97 Å².